The summed E-state index contributed by atoms with van der Waals surface area (Å²) in [5.74, 6) is 0.471. The van der Waals surface area contributed by atoms with Crippen molar-refractivity contribution in [3.8, 4) is 11.3 Å². The molecule has 4 rings (SSSR count). The minimum atomic E-state index is 0.0384. The normalized spacial score (nSPS) is 22.2. The lowest BCUT2D eigenvalue weighted by molar-refractivity contribution is -0.117. The van der Waals surface area contributed by atoms with Gasteiger partial charge < -0.3 is 5.11 Å². The average molecular weight is 388 g/mol. The van der Waals surface area contributed by atoms with E-state index in [1.807, 2.05) is 25.1 Å². The van der Waals surface area contributed by atoms with Gasteiger partial charge in [-0.15, -0.1) is 0 Å². The fourth-order valence-electron chi connectivity index (χ4n) is 4.16. The minimum Gasteiger partial charge on any atom is -0.511 e. The molecule has 134 valence electrons. The Kier molecular flexibility index (Phi) is 4.54. The first-order valence-electron chi connectivity index (χ1n) is 8.91. The molecule has 0 unspecified atom stereocenters. The molecular formula is C21H19Cl2NO2. The van der Waals surface area contributed by atoms with Crippen molar-refractivity contribution in [2.24, 2.45) is 11.8 Å². The second-order valence-electron chi connectivity index (χ2n) is 7.04. The van der Waals surface area contributed by atoms with Crippen LogP contribution in [0.3, 0.4) is 0 Å². The van der Waals surface area contributed by atoms with E-state index in [4.69, 9.17) is 23.2 Å². The second kappa shape index (κ2) is 6.71. The molecule has 2 atom stereocenters. The number of aliphatic hydroxyl groups excluding tert-OH is 1. The summed E-state index contributed by atoms with van der Waals surface area (Å²) in [6.07, 6.45) is 4.86. The number of hydrogen-bond acceptors (Lipinski definition) is 3. The van der Waals surface area contributed by atoms with Crippen LogP contribution in [-0.4, -0.2) is 15.9 Å². The van der Waals surface area contributed by atoms with Crippen LogP contribution in [0.2, 0.25) is 10.0 Å². The SMILES string of the molecule is CCc1ccc(-c2ncc(Cl)cc2Cl)cc1C1=C(O)[C@H]2CC[C@H](C2)C1=O. The number of rotatable bonds is 3. The molecular weight excluding hydrogens is 369 g/mol. The molecule has 0 spiro atoms. The highest BCUT2D eigenvalue weighted by Gasteiger charge is 2.41. The van der Waals surface area contributed by atoms with Crippen LogP contribution in [0.4, 0.5) is 0 Å². The van der Waals surface area contributed by atoms with Crippen molar-refractivity contribution in [1.82, 2.24) is 4.98 Å². The van der Waals surface area contributed by atoms with Gasteiger partial charge in [0.05, 0.1) is 21.3 Å². The highest BCUT2D eigenvalue weighted by atomic mass is 35.5. The number of aryl methyl sites for hydroxylation is 1. The Morgan fingerprint density at radius 2 is 1.96 bits per heavy atom. The molecule has 1 heterocycles. The molecule has 2 aliphatic carbocycles. The van der Waals surface area contributed by atoms with E-state index >= 15 is 0 Å². The van der Waals surface area contributed by atoms with Crippen molar-refractivity contribution >= 4 is 34.6 Å². The fraction of sp³-hybridized carbons (Fsp3) is 0.333. The van der Waals surface area contributed by atoms with Crippen molar-refractivity contribution in [3.05, 3.63) is 57.4 Å². The van der Waals surface area contributed by atoms with Crippen LogP contribution >= 0.6 is 23.2 Å². The number of Topliss-reactive ketones (excluding diaryl/α,β-unsaturated/α-hetero) is 1. The fourth-order valence-corrected chi connectivity index (χ4v) is 4.65. The number of ketones is 1. The molecule has 2 aliphatic rings. The van der Waals surface area contributed by atoms with Crippen LogP contribution in [0, 0.1) is 11.8 Å². The van der Waals surface area contributed by atoms with Crippen molar-refractivity contribution in [3.63, 3.8) is 0 Å². The van der Waals surface area contributed by atoms with E-state index in [1.165, 1.54) is 0 Å². The van der Waals surface area contributed by atoms with E-state index in [0.717, 1.165) is 42.4 Å². The second-order valence-corrected chi connectivity index (χ2v) is 7.88. The van der Waals surface area contributed by atoms with E-state index < -0.39 is 0 Å². The van der Waals surface area contributed by atoms with Gasteiger partial charge in [0.1, 0.15) is 5.76 Å². The van der Waals surface area contributed by atoms with Gasteiger partial charge in [0.15, 0.2) is 5.78 Å². The molecule has 26 heavy (non-hydrogen) atoms. The number of nitrogens with zero attached hydrogens (tertiary/aromatic N) is 1. The summed E-state index contributed by atoms with van der Waals surface area (Å²) in [6, 6.07) is 7.52. The number of aliphatic hydroxyl groups is 1. The standard InChI is InChI=1S/C21H19Cl2NO2/c1-2-11-3-4-12(19-17(23)9-15(22)10-24-19)8-16(11)18-20(25)13-5-6-14(7-13)21(18)26/h3-4,8-10,13-14,25H,2,5-7H2,1H3/t13-,14+/m0/s1. The number of aromatic nitrogens is 1. The number of carbonyl (C=O) groups is 1. The van der Waals surface area contributed by atoms with Crippen LogP contribution in [0.5, 0.6) is 0 Å². The third kappa shape index (κ3) is 2.83. The minimum absolute atomic E-state index is 0.0384. The summed E-state index contributed by atoms with van der Waals surface area (Å²) in [5.41, 5.74) is 3.76. The summed E-state index contributed by atoms with van der Waals surface area (Å²) in [7, 11) is 0. The molecule has 1 aromatic carbocycles. The van der Waals surface area contributed by atoms with Gasteiger partial charge in [0.2, 0.25) is 0 Å². The monoisotopic (exact) mass is 387 g/mol. The van der Waals surface area contributed by atoms with Gasteiger partial charge in [-0.1, -0.05) is 42.3 Å². The maximum Gasteiger partial charge on any atom is 0.169 e. The van der Waals surface area contributed by atoms with Gasteiger partial charge >= 0.3 is 0 Å². The lowest BCUT2D eigenvalue weighted by Gasteiger charge is -2.23. The van der Waals surface area contributed by atoms with E-state index in [-0.39, 0.29) is 23.4 Å². The molecule has 5 heteroatoms. The molecule has 0 amide bonds. The quantitative estimate of drug-likeness (QED) is 0.714. The first kappa shape index (κ1) is 17.6. The molecule has 3 nitrogen and oxygen atoms in total. The Bertz CT molecular complexity index is 936. The third-order valence-electron chi connectivity index (χ3n) is 5.53. The van der Waals surface area contributed by atoms with Crippen LogP contribution in [0.15, 0.2) is 36.2 Å². The maximum atomic E-state index is 12.9. The van der Waals surface area contributed by atoms with Gasteiger partial charge in [0.25, 0.3) is 0 Å². The van der Waals surface area contributed by atoms with Gasteiger partial charge in [-0.3, -0.25) is 9.78 Å². The molecule has 1 fully saturated rings. The van der Waals surface area contributed by atoms with Crippen LogP contribution < -0.4 is 0 Å². The average Bonchev–Trinajstić information content (AvgIpc) is 3.07. The molecule has 1 N–H and O–H groups in total. The molecule has 0 saturated heterocycles. The van der Waals surface area contributed by atoms with Crippen molar-refractivity contribution in [2.75, 3.05) is 0 Å². The Morgan fingerprint density at radius 3 is 2.69 bits per heavy atom. The molecule has 0 radical (unpaired) electrons. The zero-order valence-corrected chi connectivity index (χ0v) is 15.9. The number of carbonyl (C=O) groups excluding carboxylic acids is 1. The van der Waals surface area contributed by atoms with Gasteiger partial charge in [-0.25, -0.2) is 0 Å². The third-order valence-corrected chi connectivity index (χ3v) is 6.03. The predicted molar refractivity (Wildman–Crippen MR) is 104 cm³/mol. The molecule has 1 aromatic heterocycles. The van der Waals surface area contributed by atoms with Gasteiger partial charge in [-0.05, 0) is 48.9 Å². The smallest absolute Gasteiger partial charge is 0.169 e. The molecule has 1 saturated carbocycles. The summed E-state index contributed by atoms with van der Waals surface area (Å²) < 4.78 is 0. The topological polar surface area (TPSA) is 50.2 Å². The van der Waals surface area contributed by atoms with Crippen molar-refractivity contribution < 1.29 is 9.90 Å². The predicted octanol–water partition coefficient (Wildman–Crippen LogP) is 5.89. The lowest BCUT2D eigenvalue weighted by atomic mass is 9.81. The van der Waals surface area contributed by atoms with Crippen molar-refractivity contribution in [1.29, 1.82) is 0 Å². The number of pyridine rings is 1. The maximum absolute atomic E-state index is 12.9. The number of benzene rings is 1. The summed E-state index contributed by atoms with van der Waals surface area (Å²) >= 11 is 12.3. The lowest BCUT2D eigenvalue weighted by Crippen LogP contribution is -2.22. The number of halogens is 2. The number of fused-ring (bicyclic) bond motifs is 2. The number of hydrogen-bond donors (Lipinski definition) is 1. The summed E-state index contributed by atoms with van der Waals surface area (Å²) in [6.45, 7) is 2.05. The molecule has 2 bridgehead atoms. The zero-order chi connectivity index (χ0) is 18.4. The van der Waals surface area contributed by atoms with Gasteiger partial charge in [-0.2, -0.15) is 0 Å². The van der Waals surface area contributed by atoms with E-state index in [9.17, 15) is 9.90 Å². The highest BCUT2D eigenvalue weighted by Crippen LogP contribution is 2.46. The first-order chi connectivity index (χ1) is 12.5. The Morgan fingerprint density at radius 1 is 1.19 bits per heavy atom. The van der Waals surface area contributed by atoms with E-state index in [1.54, 1.807) is 12.3 Å². The highest BCUT2D eigenvalue weighted by molar-refractivity contribution is 6.36. The molecule has 0 aliphatic heterocycles. The molecule has 2 aromatic rings. The van der Waals surface area contributed by atoms with Crippen LogP contribution in [-0.2, 0) is 11.2 Å². The zero-order valence-electron chi connectivity index (χ0n) is 14.4. The van der Waals surface area contributed by atoms with Crippen LogP contribution in [0.1, 0.15) is 37.3 Å². The van der Waals surface area contributed by atoms with Crippen molar-refractivity contribution in [2.45, 2.75) is 32.6 Å². The number of allylic oxidation sites excluding steroid dienone is 2. The van der Waals surface area contributed by atoms with Gasteiger partial charge in [0, 0.05) is 23.6 Å². The van der Waals surface area contributed by atoms with Crippen LogP contribution in [0.25, 0.3) is 16.8 Å². The Labute approximate surface area is 162 Å². The Balaban J connectivity index is 1.88. The van der Waals surface area contributed by atoms with E-state index in [2.05, 4.69) is 4.98 Å². The Hall–Kier alpha value is -1.84. The summed E-state index contributed by atoms with van der Waals surface area (Å²) in [4.78, 5) is 17.3. The summed E-state index contributed by atoms with van der Waals surface area (Å²) in [5, 5.41) is 11.7. The largest absolute Gasteiger partial charge is 0.511 e. The van der Waals surface area contributed by atoms with E-state index in [0.29, 0.717) is 21.3 Å². The first-order valence-corrected chi connectivity index (χ1v) is 9.67.